The summed E-state index contributed by atoms with van der Waals surface area (Å²) in [6, 6.07) is 0.816. The number of carbonyl (C=O) groups excluding carboxylic acids is 1. The molecular formula is C14H28N2O. The summed E-state index contributed by atoms with van der Waals surface area (Å²) < 4.78 is 0. The van der Waals surface area contributed by atoms with Gasteiger partial charge in [0.1, 0.15) is 0 Å². The third-order valence-corrected chi connectivity index (χ3v) is 3.70. The monoisotopic (exact) mass is 240 g/mol. The molecule has 1 atom stereocenters. The predicted molar refractivity (Wildman–Crippen MR) is 71.9 cm³/mol. The summed E-state index contributed by atoms with van der Waals surface area (Å²) in [4.78, 5) is 11.5. The Kier molecular flexibility index (Phi) is 5.44. The lowest BCUT2D eigenvalue weighted by Crippen LogP contribution is -2.45. The lowest BCUT2D eigenvalue weighted by atomic mass is 9.73. The van der Waals surface area contributed by atoms with Crippen molar-refractivity contribution in [1.82, 2.24) is 10.6 Å². The lowest BCUT2D eigenvalue weighted by molar-refractivity contribution is -0.121. The lowest BCUT2D eigenvalue weighted by Gasteiger charge is -2.39. The van der Waals surface area contributed by atoms with E-state index in [9.17, 15) is 4.79 Å². The van der Waals surface area contributed by atoms with Gasteiger partial charge in [-0.3, -0.25) is 4.79 Å². The fourth-order valence-corrected chi connectivity index (χ4v) is 2.63. The van der Waals surface area contributed by atoms with Crippen molar-refractivity contribution in [3.05, 3.63) is 0 Å². The SMILES string of the molecule is CC(C)NC(=O)CCNC1CCCCC1(C)C. The maximum atomic E-state index is 11.5. The van der Waals surface area contributed by atoms with Crippen LogP contribution in [0.2, 0.25) is 0 Å². The molecule has 0 heterocycles. The second-order valence-electron chi connectivity index (χ2n) is 6.21. The van der Waals surface area contributed by atoms with Crippen molar-refractivity contribution in [1.29, 1.82) is 0 Å². The highest BCUT2D eigenvalue weighted by molar-refractivity contribution is 5.76. The highest BCUT2D eigenvalue weighted by atomic mass is 16.1. The predicted octanol–water partition coefficient (Wildman–Crippen LogP) is 2.46. The van der Waals surface area contributed by atoms with E-state index < -0.39 is 0 Å². The molecule has 1 rings (SSSR count). The van der Waals surface area contributed by atoms with E-state index >= 15 is 0 Å². The van der Waals surface area contributed by atoms with Gasteiger partial charge in [-0.25, -0.2) is 0 Å². The van der Waals surface area contributed by atoms with Crippen LogP contribution in [0.4, 0.5) is 0 Å². The first-order valence-corrected chi connectivity index (χ1v) is 6.94. The minimum atomic E-state index is 0.154. The van der Waals surface area contributed by atoms with Crippen LogP contribution in [-0.2, 0) is 4.79 Å². The summed E-state index contributed by atoms with van der Waals surface area (Å²) in [7, 11) is 0. The normalized spacial score (nSPS) is 23.7. The molecule has 1 saturated carbocycles. The van der Waals surface area contributed by atoms with E-state index in [1.54, 1.807) is 0 Å². The van der Waals surface area contributed by atoms with E-state index in [4.69, 9.17) is 0 Å². The molecule has 17 heavy (non-hydrogen) atoms. The van der Waals surface area contributed by atoms with E-state index in [2.05, 4.69) is 24.5 Å². The summed E-state index contributed by atoms with van der Waals surface area (Å²) in [5.41, 5.74) is 0.382. The third kappa shape index (κ3) is 5.07. The zero-order valence-corrected chi connectivity index (χ0v) is 11.8. The molecule has 0 bridgehead atoms. The van der Waals surface area contributed by atoms with Crippen LogP contribution >= 0.6 is 0 Å². The van der Waals surface area contributed by atoms with Crippen molar-refractivity contribution in [3.63, 3.8) is 0 Å². The molecule has 0 saturated heterocycles. The van der Waals surface area contributed by atoms with Crippen LogP contribution in [0.3, 0.4) is 0 Å². The van der Waals surface area contributed by atoms with Gasteiger partial charge in [0.15, 0.2) is 0 Å². The molecule has 0 spiro atoms. The molecule has 1 aliphatic carbocycles. The Morgan fingerprint density at radius 2 is 2.06 bits per heavy atom. The molecule has 0 radical (unpaired) electrons. The Balaban J connectivity index is 2.23. The first-order chi connectivity index (χ1) is 7.92. The van der Waals surface area contributed by atoms with Crippen LogP contribution in [0.15, 0.2) is 0 Å². The Bertz CT molecular complexity index is 249. The second-order valence-corrected chi connectivity index (χ2v) is 6.21. The van der Waals surface area contributed by atoms with Crippen molar-refractivity contribution in [2.24, 2.45) is 5.41 Å². The van der Waals surface area contributed by atoms with Gasteiger partial charge < -0.3 is 10.6 Å². The van der Waals surface area contributed by atoms with Crippen LogP contribution in [-0.4, -0.2) is 24.5 Å². The van der Waals surface area contributed by atoms with E-state index in [1.165, 1.54) is 25.7 Å². The molecule has 1 fully saturated rings. The Labute approximate surface area is 106 Å². The molecule has 2 N–H and O–H groups in total. The van der Waals surface area contributed by atoms with Crippen LogP contribution < -0.4 is 10.6 Å². The molecule has 3 nitrogen and oxygen atoms in total. The maximum absolute atomic E-state index is 11.5. The molecule has 3 heteroatoms. The highest BCUT2D eigenvalue weighted by Gasteiger charge is 2.31. The largest absolute Gasteiger partial charge is 0.354 e. The minimum absolute atomic E-state index is 0.154. The molecular weight excluding hydrogens is 212 g/mol. The summed E-state index contributed by atoms with van der Waals surface area (Å²) in [6.45, 7) is 9.45. The van der Waals surface area contributed by atoms with Crippen LogP contribution in [0.1, 0.15) is 59.8 Å². The Hall–Kier alpha value is -0.570. The number of hydrogen-bond acceptors (Lipinski definition) is 2. The van der Waals surface area contributed by atoms with E-state index in [0.717, 1.165) is 6.54 Å². The van der Waals surface area contributed by atoms with Crippen molar-refractivity contribution in [2.45, 2.75) is 71.9 Å². The van der Waals surface area contributed by atoms with Crippen molar-refractivity contribution < 1.29 is 4.79 Å². The van der Waals surface area contributed by atoms with Crippen LogP contribution in [0.25, 0.3) is 0 Å². The number of carbonyl (C=O) groups is 1. The third-order valence-electron chi connectivity index (χ3n) is 3.70. The van der Waals surface area contributed by atoms with Gasteiger partial charge in [-0.15, -0.1) is 0 Å². The average Bonchev–Trinajstić information content (AvgIpc) is 2.19. The molecule has 1 aliphatic rings. The van der Waals surface area contributed by atoms with Gasteiger partial charge >= 0.3 is 0 Å². The van der Waals surface area contributed by atoms with Crippen molar-refractivity contribution >= 4 is 5.91 Å². The van der Waals surface area contributed by atoms with Crippen molar-refractivity contribution in [2.75, 3.05) is 6.54 Å². The maximum Gasteiger partial charge on any atom is 0.221 e. The van der Waals surface area contributed by atoms with Gasteiger partial charge in [0, 0.05) is 25.0 Å². The first kappa shape index (κ1) is 14.5. The molecule has 0 aliphatic heterocycles. The van der Waals surface area contributed by atoms with Gasteiger partial charge in [0.25, 0.3) is 0 Å². The van der Waals surface area contributed by atoms with Crippen LogP contribution in [0.5, 0.6) is 0 Å². The Morgan fingerprint density at radius 1 is 1.35 bits per heavy atom. The van der Waals surface area contributed by atoms with E-state index in [-0.39, 0.29) is 11.9 Å². The van der Waals surface area contributed by atoms with Gasteiger partial charge in [-0.05, 0) is 32.1 Å². The fraction of sp³-hybridized carbons (Fsp3) is 0.929. The van der Waals surface area contributed by atoms with Gasteiger partial charge in [0.2, 0.25) is 5.91 Å². The zero-order valence-electron chi connectivity index (χ0n) is 11.8. The van der Waals surface area contributed by atoms with Gasteiger partial charge in [-0.1, -0.05) is 26.7 Å². The summed E-state index contributed by atoms with van der Waals surface area (Å²) >= 11 is 0. The van der Waals surface area contributed by atoms with Gasteiger partial charge in [0.05, 0.1) is 0 Å². The van der Waals surface area contributed by atoms with Gasteiger partial charge in [-0.2, -0.15) is 0 Å². The summed E-state index contributed by atoms with van der Waals surface area (Å²) in [6.07, 6.45) is 5.80. The molecule has 0 aromatic rings. The molecule has 1 amide bonds. The first-order valence-electron chi connectivity index (χ1n) is 6.94. The summed E-state index contributed by atoms with van der Waals surface area (Å²) in [5, 5.41) is 6.48. The number of rotatable bonds is 5. The Morgan fingerprint density at radius 3 is 2.65 bits per heavy atom. The second kappa shape index (κ2) is 6.39. The topological polar surface area (TPSA) is 41.1 Å². The fourth-order valence-electron chi connectivity index (χ4n) is 2.63. The molecule has 100 valence electrons. The molecule has 0 aromatic heterocycles. The standard InChI is InChI=1S/C14H28N2O/c1-11(2)16-13(17)8-10-15-12-7-5-6-9-14(12,3)4/h11-12,15H,5-10H2,1-4H3,(H,16,17). The van der Waals surface area contributed by atoms with E-state index in [1.807, 2.05) is 13.8 Å². The minimum Gasteiger partial charge on any atom is -0.354 e. The van der Waals surface area contributed by atoms with Crippen LogP contribution in [0, 0.1) is 5.41 Å². The smallest absolute Gasteiger partial charge is 0.221 e. The van der Waals surface area contributed by atoms with Crippen molar-refractivity contribution in [3.8, 4) is 0 Å². The average molecular weight is 240 g/mol. The summed E-state index contributed by atoms with van der Waals surface area (Å²) in [5.74, 6) is 0.154. The zero-order chi connectivity index (χ0) is 12.9. The molecule has 0 aromatic carbocycles. The number of amides is 1. The number of nitrogens with one attached hydrogen (secondary N) is 2. The van der Waals surface area contributed by atoms with E-state index in [0.29, 0.717) is 17.9 Å². The quantitative estimate of drug-likeness (QED) is 0.775. The highest BCUT2D eigenvalue weighted by Crippen LogP contribution is 2.35. The number of hydrogen-bond donors (Lipinski definition) is 2. The molecule has 1 unspecified atom stereocenters.